The molecule has 0 radical (unpaired) electrons. The lowest BCUT2D eigenvalue weighted by Gasteiger charge is -2.05. The number of thioether (sulfide) groups is 1. The first kappa shape index (κ1) is 12.1. The van der Waals surface area contributed by atoms with E-state index in [0.29, 0.717) is 11.7 Å². The van der Waals surface area contributed by atoms with Crippen LogP contribution in [-0.4, -0.2) is 11.2 Å². The van der Waals surface area contributed by atoms with E-state index in [9.17, 15) is 4.79 Å². The monoisotopic (exact) mass is 223 g/mol. The summed E-state index contributed by atoms with van der Waals surface area (Å²) < 4.78 is 0. The van der Waals surface area contributed by atoms with Gasteiger partial charge in [-0.3, -0.25) is 4.79 Å². The number of benzene rings is 1. The molecule has 0 saturated heterocycles. The maximum atomic E-state index is 11.3. The summed E-state index contributed by atoms with van der Waals surface area (Å²) >= 11 is 1.75. The van der Waals surface area contributed by atoms with Gasteiger partial charge in [-0.2, -0.15) is 0 Å². The fourth-order valence-electron chi connectivity index (χ4n) is 1.39. The van der Waals surface area contributed by atoms with E-state index in [2.05, 4.69) is 12.2 Å². The average molecular weight is 223 g/mol. The third-order valence-electron chi connectivity index (χ3n) is 1.96. The fourth-order valence-corrected chi connectivity index (χ4v) is 2.46. The van der Waals surface area contributed by atoms with Crippen molar-refractivity contribution in [3.8, 4) is 0 Å². The zero-order valence-corrected chi connectivity index (χ0v) is 10.2. The Morgan fingerprint density at radius 1 is 1.33 bits per heavy atom. The van der Waals surface area contributed by atoms with Crippen LogP contribution in [0.2, 0.25) is 0 Å². The Bertz CT molecular complexity index is 338. The van der Waals surface area contributed by atoms with Crippen LogP contribution in [0.25, 0.3) is 0 Å². The Hall–Kier alpha value is -0.960. The van der Waals surface area contributed by atoms with E-state index < -0.39 is 0 Å². The van der Waals surface area contributed by atoms with E-state index in [1.165, 1.54) is 4.90 Å². The smallest absolute Gasteiger partial charge is 0.225 e. The molecule has 1 aromatic rings. The predicted octanol–water partition coefficient (Wildman–Crippen LogP) is 3.54. The molecule has 0 aliphatic carbocycles. The number of para-hydroxylation sites is 1. The standard InChI is InChI=1S/C10H11NOS.C2H6/c1-7-6-10(12)11-8-4-2-3-5-9(8)13-7;1-2/h2-5,7H,6H2,1H3,(H,11,12);1-2H3. The highest BCUT2D eigenvalue weighted by atomic mass is 32.2. The lowest BCUT2D eigenvalue weighted by atomic mass is 10.3. The third kappa shape index (κ3) is 3.27. The number of nitrogens with one attached hydrogen (secondary N) is 1. The zero-order valence-electron chi connectivity index (χ0n) is 9.41. The molecule has 0 bridgehead atoms. The molecule has 1 amide bonds. The first-order chi connectivity index (χ1) is 7.25. The van der Waals surface area contributed by atoms with Crippen LogP contribution in [0.1, 0.15) is 27.2 Å². The third-order valence-corrected chi connectivity index (χ3v) is 3.14. The number of carbonyl (C=O) groups excluding carboxylic acids is 1. The van der Waals surface area contributed by atoms with Crippen LogP contribution in [-0.2, 0) is 4.79 Å². The number of hydrogen-bond donors (Lipinski definition) is 1. The molecule has 1 aliphatic heterocycles. The van der Waals surface area contributed by atoms with Crippen LogP contribution in [0.5, 0.6) is 0 Å². The summed E-state index contributed by atoms with van der Waals surface area (Å²) in [7, 11) is 0. The molecule has 2 rings (SSSR count). The number of carbonyl (C=O) groups is 1. The van der Waals surface area contributed by atoms with E-state index in [1.807, 2.05) is 38.1 Å². The van der Waals surface area contributed by atoms with Crippen LogP contribution >= 0.6 is 11.8 Å². The highest BCUT2D eigenvalue weighted by Gasteiger charge is 2.17. The Morgan fingerprint density at radius 3 is 2.73 bits per heavy atom. The van der Waals surface area contributed by atoms with Gasteiger partial charge in [0.2, 0.25) is 5.91 Å². The van der Waals surface area contributed by atoms with Gasteiger partial charge < -0.3 is 5.32 Å². The van der Waals surface area contributed by atoms with Crippen molar-refractivity contribution in [2.45, 2.75) is 37.3 Å². The van der Waals surface area contributed by atoms with Gasteiger partial charge in [-0.1, -0.05) is 32.9 Å². The fraction of sp³-hybridized carbons (Fsp3) is 0.417. The molecule has 0 aromatic heterocycles. The Kier molecular flexibility index (Phi) is 4.69. The molecule has 1 unspecified atom stereocenters. The summed E-state index contributed by atoms with van der Waals surface area (Å²) in [6, 6.07) is 7.92. The van der Waals surface area contributed by atoms with Crippen LogP contribution in [0.15, 0.2) is 29.2 Å². The predicted molar refractivity (Wildman–Crippen MR) is 66.4 cm³/mol. The van der Waals surface area contributed by atoms with Crippen LogP contribution < -0.4 is 5.32 Å². The second-order valence-electron chi connectivity index (χ2n) is 3.18. The molecular formula is C12H17NOS. The highest BCUT2D eigenvalue weighted by molar-refractivity contribution is 8.00. The summed E-state index contributed by atoms with van der Waals surface area (Å²) in [5, 5.41) is 3.26. The molecular weight excluding hydrogens is 206 g/mol. The SMILES string of the molecule is CC.CC1CC(=O)Nc2ccccc2S1. The summed E-state index contributed by atoms with van der Waals surface area (Å²) in [5.41, 5.74) is 0.946. The number of amides is 1. The molecule has 1 aliphatic rings. The van der Waals surface area contributed by atoms with E-state index in [0.717, 1.165) is 5.69 Å². The Morgan fingerprint density at radius 2 is 2.00 bits per heavy atom. The van der Waals surface area contributed by atoms with Crippen molar-refractivity contribution >= 4 is 23.4 Å². The van der Waals surface area contributed by atoms with Crippen molar-refractivity contribution in [3.05, 3.63) is 24.3 Å². The molecule has 1 aromatic carbocycles. The van der Waals surface area contributed by atoms with Gasteiger partial charge in [-0.25, -0.2) is 0 Å². The van der Waals surface area contributed by atoms with Crippen LogP contribution in [0.3, 0.4) is 0 Å². The molecule has 82 valence electrons. The van der Waals surface area contributed by atoms with Gasteiger partial charge in [0.1, 0.15) is 0 Å². The number of hydrogen-bond acceptors (Lipinski definition) is 2. The number of fused-ring (bicyclic) bond motifs is 1. The molecule has 0 saturated carbocycles. The number of anilines is 1. The maximum Gasteiger partial charge on any atom is 0.225 e. The second-order valence-corrected chi connectivity index (χ2v) is 4.66. The Balaban J connectivity index is 0.000000531. The van der Waals surface area contributed by atoms with Gasteiger partial charge >= 0.3 is 0 Å². The highest BCUT2D eigenvalue weighted by Crippen LogP contribution is 2.34. The lowest BCUT2D eigenvalue weighted by Crippen LogP contribution is -2.12. The molecule has 1 atom stereocenters. The van der Waals surface area contributed by atoms with Crippen molar-refractivity contribution in [1.82, 2.24) is 0 Å². The molecule has 1 N–H and O–H groups in total. The van der Waals surface area contributed by atoms with E-state index in [-0.39, 0.29) is 5.91 Å². The van der Waals surface area contributed by atoms with Crippen LogP contribution in [0.4, 0.5) is 5.69 Å². The minimum atomic E-state index is 0.116. The van der Waals surface area contributed by atoms with Crippen LogP contribution in [0, 0.1) is 0 Å². The van der Waals surface area contributed by atoms with Gasteiger partial charge in [0.15, 0.2) is 0 Å². The summed E-state index contributed by atoms with van der Waals surface area (Å²) in [4.78, 5) is 12.5. The molecule has 3 heteroatoms. The Labute approximate surface area is 95.5 Å². The second kappa shape index (κ2) is 5.81. The topological polar surface area (TPSA) is 29.1 Å². The largest absolute Gasteiger partial charge is 0.325 e. The first-order valence-corrected chi connectivity index (χ1v) is 6.19. The van der Waals surface area contributed by atoms with Gasteiger partial charge in [0.05, 0.1) is 5.69 Å². The minimum absolute atomic E-state index is 0.116. The maximum absolute atomic E-state index is 11.3. The zero-order chi connectivity index (χ0) is 11.3. The van der Waals surface area contributed by atoms with E-state index in [1.54, 1.807) is 11.8 Å². The van der Waals surface area contributed by atoms with Crippen molar-refractivity contribution < 1.29 is 4.79 Å². The van der Waals surface area contributed by atoms with Gasteiger partial charge in [0.25, 0.3) is 0 Å². The minimum Gasteiger partial charge on any atom is -0.325 e. The van der Waals surface area contributed by atoms with Crippen molar-refractivity contribution in [3.63, 3.8) is 0 Å². The summed E-state index contributed by atoms with van der Waals surface area (Å²) in [6.45, 7) is 6.08. The molecule has 1 heterocycles. The lowest BCUT2D eigenvalue weighted by molar-refractivity contribution is -0.116. The summed E-state index contributed by atoms with van der Waals surface area (Å²) in [6.07, 6.45) is 0.597. The number of rotatable bonds is 0. The molecule has 0 spiro atoms. The van der Waals surface area contributed by atoms with Crippen molar-refractivity contribution in [2.24, 2.45) is 0 Å². The average Bonchev–Trinajstić information content (AvgIpc) is 2.37. The first-order valence-electron chi connectivity index (χ1n) is 5.31. The van der Waals surface area contributed by atoms with Gasteiger partial charge in [0, 0.05) is 16.6 Å². The summed E-state index contributed by atoms with van der Waals surface area (Å²) in [5.74, 6) is 0.116. The van der Waals surface area contributed by atoms with Crippen molar-refractivity contribution in [1.29, 1.82) is 0 Å². The molecule has 0 fully saturated rings. The van der Waals surface area contributed by atoms with E-state index in [4.69, 9.17) is 0 Å². The molecule has 2 nitrogen and oxygen atoms in total. The van der Waals surface area contributed by atoms with Gasteiger partial charge in [-0.15, -0.1) is 11.8 Å². The van der Waals surface area contributed by atoms with E-state index >= 15 is 0 Å². The normalized spacial score (nSPS) is 19.1. The molecule has 15 heavy (non-hydrogen) atoms. The van der Waals surface area contributed by atoms with Gasteiger partial charge in [-0.05, 0) is 12.1 Å². The quantitative estimate of drug-likeness (QED) is 0.729. The van der Waals surface area contributed by atoms with Crippen molar-refractivity contribution in [2.75, 3.05) is 5.32 Å².